The number of anilines is 1. The molecular weight excluding hydrogens is 203 g/mol. The first-order valence-electron chi connectivity index (χ1n) is 6.06. The van der Waals surface area contributed by atoms with Crippen molar-refractivity contribution in [1.82, 2.24) is 4.90 Å². The average Bonchev–Trinajstić information content (AvgIpc) is 2.68. The summed E-state index contributed by atoms with van der Waals surface area (Å²) in [6.45, 7) is 3.56. The fraction of sp³-hybridized carbons (Fsp3) is 0.538. The van der Waals surface area contributed by atoms with Crippen LogP contribution in [0.1, 0.15) is 12.8 Å². The minimum Gasteiger partial charge on any atom is -0.380 e. The van der Waals surface area contributed by atoms with Crippen molar-refractivity contribution in [3.05, 3.63) is 30.1 Å². The van der Waals surface area contributed by atoms with Crippen LogP contribution in [0.25, 0.3) is 0 Å². The van der Waals surface area contributed by atoms with Crippen LogP contribution in [0.3, 0.4) is 0 Å². The first-order valence-corrected chi connectivity index (χ1v) is 6.06. The van der Waals surface area contributed by atoms with Crippen LogP contribution in [-0.2, 0) is 0 Å². The number of nitrogens with zero attached hydrogens (tertiary/aromatic N) is 1. The van der Waals surface area contributed by atoms with Crippen LogP contribution >= 0.6 is 0 Å². The standard InChI is InChI=1S/C13H17FN2/c14-11-3-1-2-4-13(11)15-12-6-8-16-7-5-10(12)9-16/h1-4,10,12,15H,5-9H2. The van der Waals surface area contributed by atoms with Crippen molar-refractivity contribution in [2.24, 2.45) is 5.92 Å². The molecule has 0 aliphatic carbocycles. The molecule has 2 heterocycles. The van der Waals surface area contributed by atoms with Crippen molar-refractivity contribution in [2.75, 3.05) is 25.0 Å². The Morgan fingerprint density at radius 1 is 1.19 bits per heavy atom. The quantitative estimate of drug-likeness (QED) is 0.823. The molecule has 0 spiro atoms. The Morgan fingerprint density at radius 2 is 2.00 bits per heavy atom. The number of benzene rings is 1. The van der Waals surface area contributed by atoms with Gasteiger partial charge in [0.15, 0.2) is 0 Å². The lowest BCUT2D eigenvalue weighted by Gasteiger charge is -2.31. The summed E-state index contributed by atoms with van der Waals surface area (Å²) in [4.78, 5) is 2.50. The van der Waals surface area contributed by atoms with Crippen molar-refractivity contribution in [3.8, 4) is 0 Å². The number of hydrogen-bond acceptors (Lipinski definition) is 2. The van der Waals surface area contributed by atoms with Gasteiger partial charge in [-0.3, -0.25) is 0 Å². The monoisotopic (exact) mass is 220 g/mol. The normalized spacial score (nSPS) is 32.7. The first kappa shape index (κ1) is 10.1. The predicted octanol–water partition coefficient (Wildman–Crippen LogP) is 2.33. The van der Waals surface area contributed by atoms with Crippen LogP contribution < -0.4 is 5.32 Å². The van der Waals surface area contributed by atoms with E-state index in [9.17, 15) is 4.39 Å². The number of hydrogen-bond donors (Lipinski definition) is 1. The summed E-state index contributed by atoms with van der Waals surface area (Å²) in [5.74, 6) is 0.566. The van der Waals surface area contributed by atoms with Gasteiger partial charge in [0.1, 0.15) is 5.82 Å². The molecule has 2 aliphatic rings. The van der Waals surface area contributed by atoms with E-state index in [0.717, 1.165) is 13.0 Å². The fourth-order valence-corrected chi connectivity index (χ4v) is 2.92. The molecule has 1 N–H and O–H groups in total. The molecule has 2 aliphatic heterocycles. The highest BCUT2D eigenvalue weighted by Crippen LogP contribution is 2.29. The molecular formula is C13H17FN2. The summed E-state index contributed by atoms with van der Waals surface area (Å²) in [6.07, 6.45) is 2.39. The van der Waals surface area contributed by atoms with E-state index in [0.29, 0.717) is 17.6 Å². The fourth-order valence-electron chi connectivity index (χ4n) is 2.92. The molecule has 3 unspecified atom stereocenters. The third kappa shape index (κ3) is 1.80. The first-order chi connectivity index (χ1) is 7.83. The zero-order valence-corrected chi connectivity index (χ0v) is 9.32. The molecule has 2 bridgehead atoms. The molecule has 2 fully saturated rings. The number of para-hydroxylation sites is 1. The van der Waals surface area contributed by atoms with Crippen molar-refractivity contribution in [2.45, 2.75) is 18.9 Å². The molecule has 0 aromatic heterocycles. The topological polar surface area (TPSA) is 15.3 Å². The molecule has 86 valence electrons. The number of piperidine rings is 1. The molecule has 1 aromatic rings. The van der Waals surface area contributed by atoms with Gasteiger partial charge in [0, 0.05) is 19.1 Å². The van der Waals surface area contributed by atoms with Crippen molar-refractivity contribution >= 4 is 5.69 Å². The Bertz CT molecular complexity index is 380. The lowest BCUT2D eigenvalue weighted by molar-refractivity contribution is 0.254. The van der Waals surface area contributed by atoms with Crippen LogP contribution in [-0.4, -0.2) is 30.6 Å². The van der Waals surface area contributed by atoms with Crippen LogP contribution in [0.4, 0.5) is 10.1 Å². The van der Waals surface area contributed by atoms with Gasteiger partial charge < -0.3 is 10.2 Å². The van der Waals surface area contributed by atoms with Gasteiger partial charge in [-0.15, -0.1) is 0 Å². The minimum atomic E-state index is -0.136. The van der Waals surface area contributed by atoms with Gasteiger partial charge in [-0.2, -0.15) is 0 Å². The third-order valence-corrected chi connectivity index (χ3v) is 3.85. The highest BCUT2D eigenvalue weighted by Gasteiger charge is 2.34. The summed E-state index contributed by atoms with van der Waals surface area (Å²) >= 11 is 0. The maximum absolute atomic E-state index is 13.5. The van der Waals surface area contributed by atoms with Gasteiger partial charge >= 0.3 is 0 Å². The van der Waals surface area contributed by atoms with Crippen LogP contribution in [0.15, 0.2) is 24.3 Å². The molecule has 3 atom stereocenters. The van der Waals surface area contributed by atoms with Crippen LogP contribution in [0.2, 0.25) is 0 Å². The highest BCUT2D eigenvalue weighted by atomic mass is 19.1. The van der Waals surface area contributed by atoms with Gasteiger partial charge in [-0.05, 0) is 37.4 Å². The van der Waals surface area contributed by atoms with Gasteiger partial charge in [0.05, 0.1) is 5.69 Å². The Labute approximate surface area is 95.4 Å². The molecule has 3 rings (SSSR count). The molecule has 3 heteroatoms. The van der Waals surface area contributed by atoms with E-state index in [1.807, 2.05) is 12.1 Å². The molecule has 0 radical (unpaired) electrons. The van der Waals surface area contributed by atoms with Crippen molar-refractivity contribution in [3.63, 3.8) is 0 Å². The number of fused-ring (bicyclic) bond motifs is 2. The van der Waals surface area contributed by atoms with E-state index in [-0.39, 0.29) is 5.82 Å². The smallest absolute Gasteiger partial charge is 0.146 e. The largest absolute Gasteiger partial charge is 0.380 e. The van der Waals surface area contributed by atoms with Gasteiger partial charge in [0.2, 0.25) is 0 Å². The average molecular weight is 220 g/mol. The SMILES string of the molecule is Fc1ccccc1NC1CCN2CCC1C2. The van der Waals surface area contributed by atoms with Gasteiger partial charge in [-0.25, -0.2) is 4.39 Å². The lowest BCUT2D eigenvalue weighted by Crippen LogP contribution is -2.39. The van der Waals surface area contributed by atoms with E-state index < -0.39 is 0 Å². The Balaban J connectivity index is 1.73. The lowest BCUT2D eigenvalue weighted by atomic mass is 9.94. The highest BCUT2D eigenvalue weighted by molar-refractivity contribution is 5.45. The Hall–Kier alpha value is -1.09. The van der Waals surface area contributed by atoms with Crippen molar-refractivity contribution in [1.29, 1.82) is 0 Å². The Kier molecular flexibility index (Phi) is 2.56. The summed E-state index contributed by atoms with van der Waals surface area (Å²) in [7, 11) is 0. The van der Waals surface area contributed by atoms with Crippen LogP contribution in [0, 0.1) is 11.7 Å². The van der Waals surface area contributed by atoms with Crippen molar-refractivity contribution < 1.29 is 4.39 Å². The molecule has 2 saturated heterocycles. The summed E-state index contributed by atoms with van der Waals surface area (Å²) in [5, 5.41) is 3.38. The zero-order valence-electron chi connectivity index (χ0n) is 9.32. The molecule has 2 nitrogen and oxygen atoms in total. The maximum atomic E-state index is 13.5. The molecule has 0 saturated carbocycles. The number of rotatable bonds is 2. The van der Waals surface area contributed by atoms with E-state index >= 15 is 0 Å². The number of halogens is 1. The van der Waals surface area contributed by atoms with E-state index in [4.69, 9.17) is 0 Å². The zero-order chi connectivity index (χ0) is 11.0. The van der Waals surface area contributed by atoms with E-state index in [1.165, 1.54) is 25.6 Å². The van der Waals surface area contributed by atoms with Gasteiger partial charge in [0.25, 0.3) is 0 Å². The second-order valence-corrected chi connectivity index (χ2v) is 4.87. The molecule has 0 amide bonds. The second kappa shape index (κ2) is 4.06. The van der Waals surface area contributed by atoms with Gasteiger partial charge in [-0.1, -0.05) is 12.1 Å². The van der Waals surface area contributed by atoms with E-state index in [1.54, 1.807) is 6.07 Å². The molecule has 1 aromatic carbocycles. The summed E-state index contributed by atoms with van der Waals surface area (Å²) < 4.78 is 13.5. The summed E-state index contributed by atoms with van der Waals surface area (Å²) in [5.41, 5.74) is 0.660. The van der Waals surface area contributed by atoms with Crippen LogP contribution in [0.5, 0.6) is 0 Å². The number of nitrogens with one attached hydrogen (secondary N) is 1. The predicted molar refractivity (Wildman–Crippen MR) is 63.0 cm³/mol. The summed E-state index contributed by atoms with van der Waals surface area (Å²) in [6, 6.07) is 7.42. The maximum Gasteiger partial charge on any atom is 0.146 e. The Morgan fingerprint density at radius 3 is 2.88 bits per heavy atom. The third-order valence-electron chi connectivity index (χ3n) is 3.85. The minimum absolute atomic E-state index is 0.136. The molecule has 16 heavy (non-hydrogen) atoms. The van der Waals surface area contributed by atoms with E-state index in [2.05, 4.69) is 10.2 Å². The second-order valence-electron chi connectivity index (χ2n) is 4.87.